The van der Waals surface area contributed by atoms with Gasteiger partial charge in [-0.1, -0.05) is 74.0 Å². The number of hydrogen-bond donors (Lipinski definition) is 0. The van der Waals surface area contributed by atoms with Crippen molar-refractivity contribution in [2.24, 2.45) is 62.6 Å². The van der Waals surface area contributed by atoms with E-state index >= 15 is 0 Å². The largest absolute Gasteiger partial charge is 0.0841 e. The van der Waals surface area contributed by atoms with Crippen molar-refractivity contribution in [3.63, 3.8) is 0 Å². The Bertz CT molecular complexity index is 773. The Balaban J connectivity index is 1.59. The first-order valence-electron chi connectivity index (χ1n) is 14.0. The van der Waals surface area contributed by atoms with E-state index in [1.807, 2.05) is 5.57 Å². The van der Waals surface area contributed by atoms with Crippen LogP contribution in [0.15, 0.2) is 11.6 Å². The molecule has 4 fully saturated rings. The predicted molar refractivity (Wildman–Crippen MR) is 134 cm³/mol. The van der Waals surface area contributed by atoms with Gasteiger partial charge in [0.15, 0.2) is 0 Å². The van der Waals surface area contributed by atoms with Gasteiger partial charge in [-0.2, -0.15) is 0 Å². The summed E-state index contributed by atoms with van der Waals surface area (Å²) in [6.45, 7) is 23.9. The Morgan fingerprint density at radius 3 is 2.16 bits per heavy atom. The average Bonchev–Trinajstić information content (AvgIpc) is 2.69. The van der Waals surface area contributed by atoms with Crippen LogP contribution in [0, 0.1) is 62.6 Å². The van der Waals surface area contributed by atoms with Gasteiger partial charge in [0, 0.05) is 0 Å². The lowest BCUT2D eigenvalue weighted by Gasteiger charge is -2.71. The lowest BCUT2D eigenvalue weighted by Crippen LogP contribution is -2.64. The van der Waals surface area contributed by atoms with Crippen molar-refractivity contribution in [1.82, 2.24) is 0 Å². The molecule has 5 aliphatic carbocycles. The lowest BCUT2D eigenvalue weighted by atomic mass is 9.33. The van der Waals surface area contributed by atoms with Gasteiger partial charge in [-0.3, -0.25) is 0 Å². The third-order valence-corrected chi connectivity index (χ3v) is 13.9. The molecule has 0 aromatic heterocycles. The molecule has 0 aliphatic heterocycles. The predicted octanol–water partition coefficient (Wildman–Crippen LogP) is 9.30. The SMILES string of the molecule is C[C@H]1[C@H](C)CC[C@]2(C)CC[C@]3(C)C(=CCC4[C@@]5(C)CC[C@H](C)C(C)(C)C5CC[C@]43C)[C@H]12. The normalized spacial score (nSPS) is 58.3. The van der Waals surface area contributed by atoms with Crippen LogP contribution in [0.5, 0.6) is 0 Å². The zero-order chi connectivity index (χ0) is 22.6. The fraction of sp³-hybridized carbons (Fsp3) is 0.935. The molecule has 0 bridgehead atoms. The zero-order valence-electron chi connectivity index (χ0n) is 22.4. The maximum atomic E-state index is 2.86. The molecule has 0 amide bonds. The summed E-state index contributed by atoms with van der Waals surface area (Å²) in [7, 11) is 0. The average molecular weight is 425 g/mol. The standard InChI is InChI=1S/C31H52/c1-20-12-15-28(6)18-19-30(8)23(26(28)22(20)3)10-11-25-29(7)16-13-21(2)27(4,5)24(29)14-17-31(25,30)9/h10,20-22,24-26H,11-19H2,1-9H3/t20-,21+,22+,24?,25?,26+,28-,29+,30-,31-/m1/s1. The third kappa shape index (κ3) is 2.66. The fourth-order valence-electron chi connectivity index (χ4n) is 11.0. The summed E-state index contributed by atoms with van der Waals surface area (Å²) in [5.74, 6) is 5.23. The minimum absolute atomic E-state index is 0.423. The van der Waals surface area contributed by atoms with Gasteiger partial charge in [0.05, 0.1) is 0 Å². The summed E-state index contributed by atoms with van der Waals surface area (Å²) in [5.41, 5.74) is 4.43. The molecule has 5 aliphatic rings. The minimum Gasteiger partial charge on any atom is -0.0841 e. The third-order valence-electron chi connectivity index (χ3n) is 13.9. The maximum Gasteiger partial charge on any atom is -0.00564 e. The lowest BCUT2D eigenvalue weighted by molar-refractivity contribution is -0.191. The van der Waals surface area contributed by atoms with E-state index < -0.39 is 0 Å². The molecule has 0 radical (unpaired) electrons. The van der Waals surface area contributed by atoms with E-state index in [9.17, 15) is 0 Å². The van der Waals surface area contributed by atoms with Gasteiger partial charge in [-0.15, -0.1) is 0 Å². The van der Waals surface area contributed by atoms with Gasteiger partial charge in [-0.25, -0.2) is 0 Å². The van der Waals surface area contributed by atoms with Crippen LogP contribution >= 0.6 is 0 Å². The summed E-state index contributed by atoms with van der Waals surface area (Å²) < 4.78 is 0. The van der Waals surface area contributed by atoms with E-state index in [4.69, 9.17) is 0 Å². The number of allylic oxidation sites excluding steroid dienone is 2. The topological polar surface area (TPSA) is 0 Å². The van der Waals surface area contributed by atoms with E-state index in [1.165, 1.54) is 57.8 Å². The van der Waals surface area contributed by atoms with Gasteiger partial charge >= 0.3 is 0 Å². The van der Waals surface area contributed by atoms with Crippen LogP contribution in [0.25, 0.3) is 0 Å². The van der Waals surface area contributed by atoms with Crippen molar-refractivity contribution in [2.45, 2.75) is 120 Å². The van der Waals surface area contributed by atoms with Gasteiger partial charge in [0.2, 0.25) is 0 Å². The van der Waals surface area contributed by atoms with E-state index in [0.717, 1.165) is 35.5 Å². The van der Waals surface area contributed by atoms with Crippen molar-refractivity contribution >= 4 is 0 Å². The van der Waals surface area contributed by atoms with Gasteiger partial charge in [0.25, 0.3) is 0 Å². The molecule has 0 aromatic carbocycles. The first kappa shape index (κ1) is 22.5. The second-order valence-corrected chi connectivity index (χ2v) is 15.1. The van der Waals surface area contributed by atoms with Crippen LogP contribution in [-0.4, -0.2) is 0 Å². The van der Waals surface area contributed by atoms with Crippen molar-refractivity contribution in [2.75, 3.05) is 0 Å². The molecular formula is C31H52. The first-order valence-corrected chi connectivity index (χ1v) is 14.0. The molecule has 0 heteroatoms. The Morgan fingerprint density at radius 2 is 1.45 bits per heavy atom. The van der Waals surface area contributed by atoms with Crippen molar-refractivity contribution in [3.05, 3.63) is 11.6 Å². The summed E-state index contributed by atoms with van der Waals surface area (Å²) in [6, 6.07) is 0. The Morgan fingerprint density at radius 1 is 0.742 bits per heavy atom. The molecule has 0 spiro atoms. The fourth-order valence-corrected chi connectivity index (χ4v) is 11.0. The van der Waals surface area contributed by atoms with Crippen molar-refractivity contribution in [1.29, 1.82) is 0 Å². The molecule has 0 heterocycles. The molecule has 2 unspecified atom stereocenters. The van der Waals surface area contributed by atoms with Crippen LogP contribution in [0.1, 0.15) is 120 Å². The number of hydrogen-bond acceptors (Lipinski definition) is 0. The van der Waals surface area contributed by atoms with Crippen LogP contribution in [0.2, 0.25) is 0 Å². The van der Waals surface area contributed by atoms with Gasteiger partial charge in [-0.05, 0) is 120 Å². The minimum atomic E-state index is 0.423. The summed E-state index contributed by atoms with van der Waals surface area (Å²) >= 11 is 0. The summed E-state index contributed by atoms with van der Waals surface area (Å²) in [4.78, 5) is 0. The maximum absolute atomic E-state index is 2.86. The van der Waals surface area contributed by atoms with E-state index in [1.54, 1.807) is 0 Å². The summed E-state index contributed by atoms with van der Waals surface area (Å²) in [6.07, 6.45) is 15.9. The zero-order valence-corrected chi connectivity index (χ0v) is 22.4. The highest BCUT2D eigenvalue weighted by atomic mass is 14.7. The highest BCUT2D eigenvalue weighted by Crippen LogP contribution is 2.76. The van der Waals surface area contributed by atoms with Crippen molar-refractivity contribution in [3.8, 4) is 0 Å². The Labute approximate surface area is 194 Å². The molecule has 5 rings (SSSR count). The van der Waals surface area contributed by atoms with Gasteiger partial charge in [0.1, 0.15) is 0 Å². The monoisotopic (exact) mass is 424 g/mol. The van der Waals surface area contributed by atoms with Gasteiger partial charge < -0.3 is 0 Å². The van der Waals surface area contributed by atoms with Crippen LogP contribution in [0.3, 0.4) is 0 Å². The number of rotatable bonds is 0. The highest BCUT2D eigenvalue weighted by molar-refractivity contribution is 5.33. The molecule has 0 N–H and O–H groups in total. The highest BCUT2D eigenvalue weighted by Gasteiger charge is 2.67. The van der Waals surface area contributed by atoms with Crippen LogP contribution < -0.4 is 0 Å². The van der Waals surface area contributed by atoms with E-state index in [0.29, 0.717) is 27.1 Å². The van der Waals surface area contributed by atoms with E-state index in [-0.39, 0.29) is 0 Å². The van der Waals surface area contributed by atoms with E-state index in [2.05, 4.69) is 68.4 Å². The first-order chi connectivity index (χ1) is 14.3. The Hall–Kier alpha value is -0.260. The molecule has 10 atom stereocenters. The Kier molecular flexibility index (Phi) is 4.84. The molecular weight excluding hydrogens is 372 g/mol. The second kappa shape index (κ2) is 6.66. The smallest absolute Gasteiger partial charge is 0.00564 e. The molecule has 4 saturated carbocycles. The second-order valence-electron chi connectivity index (χ2n) is 15.1. The molecule has 176 valence electrons. The molecule has 31 heavy (non-hydrogen) atoms. The number of fused-ring (bicyclic) bond motifs is 7. The quantitative estimate of drug-likeness (QED) is 0.340. The van der Waals surface area contributed by atoms with Crippen LogP contribution in [-0.2, 0) is 0 Å². The molecule has 0 saturated heterocycles. The van der Waals surface area contributed by atoms with Crippen molar-refractivity contribution < 1.29 is 0 Å². The molecule has 0 aromatic rings. The van der Waals surface area contributed by atoms with Crippen LogP contribution in [0.4, 0.5) is 0 Å². The molecule has 0 nitrogen and oxygen atoms in total. The summed E-state index contributed by atoms with van der Waals surface area (Å²) in [5, 5.41) is 0.